The average Bonchev–Trinajstić information content (AvgIpc) is 3.39. The predicted molar refractivity (Wildman–Crippen MR) is 98.1 cm³/mol. The number of benzene rings is 1. The van der Waals surface area contributed by atoms with Crippen molar-refractivity contribution in [3.63, 3.8) is 0 Å². The van der Waals surface area contributed by atoms with Gasteiger partial charge in [0.25, 0.3) is 5.91 Å². The summed E-state index contributed by atoms with van der Waals surface area (Å²) in [6, 6.07) is 4.37. The van der Waals surface area contributed by atoms with Crippen molar-refractivity contribution >= 4 is 15.9 Å². The zero-order chi connectivity index (χ0) is 19.8. The fourth-order valence-corrected chi connectivity index (χ4v) is 4.26. The summed E-state index contributed by atoms with van der Waals surface area (Å²) in [5, 5.41) is 3.89. The molecule has 2 aromatic rings. The van der Waals surface area contributed by atoms with Crippen molar-refractivity contribution in [1.29, 1.82) is 0 Å². The Morgan fingerprint density at radius 1 is 1.37 bits per heavy atom. The van der Waals surface area contributed by atoms with Crippen molar-refractivity contribution in [2.45, 2.75) is 44.2 Å². The van der Waals surface area contributed by atoms with E-state index in [1.165, 1.54) is 24.1 Å². The van der Waals surface area contributed by atoms with Crippen molar-refractivity contribution in [3.8, 4) is 5.75 Å². The van der Waals surface area contributed by atoms with E-state index in [2.05, 4.69) is 9.88 Å². The van der Waals surface area contributed by atoms with Gasteiger partial charge in [-0.1, -0.05) is 5.16 Å². The van der Waals surface area contributed by atoms with E-state index in [0.717, 1.165) is 24.1 Å². The lowest BCUT2D eigenvalue weighted by atomic mass is 10.1. The maximum Gasteiger partial charge on any atom is 0.253 e. The highest BCUT2D eigenvalue weighted by Gasteiger charge is 2.30. The fraction of sp³-hybridized carbons (Fsp3) is 0.444. The molecule has 1 aliphatic carbocycles. The number of carbonyl (C=O) groups is 1. The topological polar surface area (TPSA) is 102 Å². The Bertz CT molecular complexity index is 944. The van der Waals surface area contributed by atoms with Gasteiger partial charge in [-0.25, -0.2) is 13.1 Å². The molecule has 0 bridgehead atoms. The largest absolute Gasteiger partial charge is 0.495 e. The maximum atomic E-state index is 12.8. The summed E-state index contributed by atoms with van der Waals surface area (Å²) >= 11 is 0. The first-order valence-corrected chi connectivity index (χ1v) is 10.1. The van der Waals surface area contributed by atoms with E-state index in [-0.39, 0.29) is 28.2 Å². The Hall–Kier alpha value is -2.39. The molecule has 0 aliphatic heterocycles. The van der Waals surface area contributed by atoms with Gasteiger partial charge in [-0.05, 0) is 44.9 Å². The van der Waals surface area contributed by atoms with Gasteiger partial charge >= 0.3 is 0 Å². The highest BCUT2D eigenvalue weighted by atomic mass is 32.2. The van der Waals surface area contributed by atoms with Crippen molar-refractivity contribution < 1.29 is 22.5 Å². The first-order chi connectivity index (χ1) is 12.7. The third-order valence-electron chi connectivity index (χ3n) is 4.52. The van der Waals surface area contributed by atoms with Crippen LogP contribution < -0.4 is 9.46 Å². The molecule has 8 nitrogen and oxygen atoms in total. The van der Waals surface area contributed by atoms with Crippen LogP contribution in [0, 0.1) is 13.8 Å². The Morgan fingerprint density at radius 2 is 2.07 bits per heavy atom. The van der Waals surface area contributed by atoms with Crippen LogP contribution in [0.5, 0.6) is 5.75 Å². The van der Waals surface area contributed by atoms with Gasteiger partial charge in [-0.2, -0.15) is 0 Å². The predicted octanol–water partition coefficient (Wildman–Crippen LogP) is 2.01. The normalized spacial score (nSPS) is 14.2. The summed E-state index contributed by atoms with van der Waals surface area (Å²) in [6.07, 6.45) is 1.64. The smallest absolute Gasteiger partial charge is 0.253 e. The Morgan fingerprint density at radius 3 is 2.63 bits per heavy atom. The third kappa shape index (κ3) is 4.14. The standard InChI is InChI=1S/C18H23N3O5S/c1-11-15(12(2)26-19-11)10-21(3)18(22)13-5-8-16(25-4)17(9-13)27(23,24)20-14-6-7-14/h5,8-9,14,20H,6-7,10H2,1-4H3. The summed E-state index contributed by atoms with van der Waals surface area (Å²) in [6.45, 7) is 3.91. The van der Waals surface area contributed by atoms with Crippen LogP contribution in [0.3, 0.4) is 0 Å². The van der Waals surface area contributed by atoms with E-state index in [9.17, 15) is 13.2 Å². The van der Waals surface area contributed by atoms with Crippen molar-refractivity contribution in [2.24, 2.45) is 0 Å². The van der Waals surface area contributed by atoms with Crippen molar-refractivity contribution in [1.82, 2.24) is 14.8 Å². The van der Waals surface area contributed by atoms with Gasteiger partial charge in [0.2, 0.25) is 10.0 Å². The van der Waals surface area contributed by atoms with E-state index in [4.69, 9.17) is 9.26 Å². The van der Waals surface area contributed by atoms with Crippen molar-refractivity contribution in [2.75, 3.05) is 14.2 Å². The van der Waals surface area contributed by atoms with E-state index in [1.807, 2.05) is 6.92 Å². The van der Waals surface area contributed by atoms with Crippen LogP contribution in [-0.4, -0.2) is 44.6 Å². The average molecular weight is 393 g/mol. The molecule has 146 valence electrons. The molecule has 0 spiro atoms. The first kappa shape index (κ1) is 19.4. The zero-order valence-corrected chi connectivity index (χ0v) is 16.6. The van der Waals surface area contributed by atoms with Gasteiger partial charge in [-0.3, -0.25) is 4.79 Å². The summed E-state index contributed by atoms with van der Waals surface area (Å²) in [7, 11) is -0.708. The molecule has 0 radical (unpaired) electrons. The summed E-state index contributed by atoms with van der Waals surface area (Å²) < 4.78 is 38.2. The quantitative estimate of drug-likeness (QED) is 0.772. The minimum atomic E-state index is -3.76. The molecule has 1 amide bonds. The van der Waals surface area contributed by atoms with E-state index < -0.39 is 10.0 Å². The molecule has 27 heavy (non-hydrogen) atoms. The van der Waals surface area contributed by atoms with Gasteiger partial charge in [0.05, 0.1) is 19.3 Å². The number of aromatic nitrogens is 1. The third-order valence-corrected chi connectivity index (χ3v) is 6.06. The lowest BCUT2D eigenvalue weighted by Gasteiger charge is -2.18. The molecule has 3 rings (SSSR count). The number of nitrogens with zero attached hydrogens (tertiary/aromatic N) is 2. The van der Waals surface area contributed by atoms with E-state index in [1.54, 1.807) is 20.0 Å². The van der Waals surface area contributed by atoms with E-state index in [0.29, 0.717) is 12.3 Å². The molecular weight excluding hydrogens is 370 g/mol. The van der Waals surface area contributed by atoms with Crippen LogP contribution in [0.1, 0.15) is 40.2 Å². The molecule has 1 aliphatic rings. The molecular formula is C18H23N3O5S. The van der Waals surface area contributed by atoms with Crippen LogP contribution >= 0.6 is 0 Å². The van der Waals surface area contributed by atoms with Crippen LogP contribution in [0.2, 0.25) is 0 Å². The van der Waals surface area contributed by atoms with Gasteiger partial charge in [-0.15, -0.1) is 0 Å². The second kappa shape index (κ2) is 7.32. The number of hydrogen-bond acceptors (Lipinski definition) is 6. The van der Waals surface area contributed by atoms with Gasteiger partial charge in [0, 0.05) is 24.2 Å². The van der Waals surface area contributed by atoms with Gasteiger partial charge in [0.15, 0.2) is 0 Å². The summed E-state index contributed by atoms with van der Waals surface area (Å²) in [5.41, 5.74) is 1.82. The number of amides is 1. The van der Waals surface area contributed by atoms with Crippen molar-refractivity contribution in [3.05, 3.63) is 40.8 Å². The highest BCUT2D eigenvalue weighted by molar-refractivity contribution is 7.89. The fourth-order valence-electron chi connectivity index (χ4n) is 2.76. The minimum absolute atomic E-state index is 0.0338. The monoisotopic (exact) mass is 393 g/mol. The lowest BCUT2D eigenvalue weighted by Crippen LogP contribution is -2.28. The Labute approximate surface area is 158 Å². The van der Waals surface area contributed by atoms with Crippen LogP contribution in [0.15, 0.2) is 27.6 Å². The number of nitrogens with one attached hydrogen (secondary N) is 1. The number of sulfonamides is 1. The van der Waals surface area contributed by atoms with Gasteiger partial charge in [0.1, 0.15) is 16.4 Å². The number of methoxy groups -OCH3 is 1. The van der Waals surface area contributed by atoms with Crippen LogP contribution in [0.25, 0.3) is 0 Å². The maximum absolute atomic E-state index is 12.8. The molecule has 0 saturated heterocycles. The molecule has 0 atom stereocenters. The molecule has 1 aromatic carbocycles. The van der Waals surface area contributed by atoms with Crippen LogP contribution in [0.4, 0.5) is 0 Å². The molecule has 1 N–H and O–H groups in total. The first-order valence-electron chi connectivity index (χ1n) is 8.60. The molecule has 1 aromatic heterocycles. The zero-order valence-electron chi connectivity index (χ0n) is 15.8. The number of ether oxygens (including phenoxy) is 1. The second-order valence-corrected chi connectivity index (χ2v) is 8.41. The Kier molecular flexibility index (Phi) is 5.25. The summed E-state index contributed by atoms with van der Waals surface area (Å²) in [4.78, 5) is 14.3. The molecule has 1 heterocycles. The molecule has 1 saturated carbocycles. The Balaban J connectivity index is 1.87. The number of hydrogen-bond donors (Lipinski definition) is 1. The number of rotatable bonds is 7. The highest BCUT2D eigenvalue weighted by Crippen LogP contribution is 2.29. The van der Waals surface area contributed by atoms with Crippen LogP contribution in [-0.2, 0) is 16.6 Å². The molecule has 0 unspecified atom stereocenters. The van der Waals surface area contributed by atoms with E-state index >= 15 is 0 Å². The minimum Gasteiger partial charge on any atom is -0.495 e. The molecule has 9 heteroatoms. The number of carbonyl (C=O) groups excluding carboxylic acids is 1. The molecule has 1 fully saturated rings. The second-order valence-electron chi connectivity index (χ2n) is 6.73. The van der Waals surface area contributed by atoms with Gasteiger partial charge < -0.3 is 14.2 Å². The number of aryl methyl sites for hydroxylation is 2. The lowest BCUT2D eigenvalue weighted by molar-refractivity contribution is 0.0784. The summed E-state index contributed by atoms with van der Waals surface area (Å²) in [5.74, 6) is 0.549. The SMILES string of the molecule is COc1ccc(C(=O)N(C)Cc2c(C)noc2C)cc1S(=O)(=O)NC1CC1.